The Morgan fingerprint density at radius 3 is 2.53 bits per heavy atom. The molecule has 0 aliphatic heterocycles. The Morgan fingerprint density at radius 2 is 1.88 bits per heavy atom. The summed E-state index contributed by atoms with van der Waals surface area (Å²) in [5.41, 5.74) is 0. The summed E-state index contributed by atoms with van der Waals surface area (Å²) in [5.74, 6) is 0.0637. The molecule has 17 heavy (non-hydrogen) atoms. The average molecular weight is 245 g/mol. The number of hydrogen-bond acceptors (Lipinski definition) is 3. The second-order valence-corrected chi connectivity index (χ2v) is 4.36. The van der Waals surface area contributed by atoms with Gasteiger partial charge >= 0.3 is 0 Å². The van der Waals surface area contributed by atoms with Crippen molar-refractivity contribution >= 4 is 5.91 Å². The van der Waals surface area contributed by atoms with Gasteiger partial charge in [-0.15, -0.1) is 0 Å². The predicted octanol–water partition coefficient (Wildman–Crippen LogP) is 1.81. The SMILES string of the molecule is CCCCN(C)C(=O)COCCCCCCO. The van der Waals surface area contributed by atoms with E-state index in [-0.39, 0.29) is 19.1 Å². The molecular weight excluding hydrogens is 218 g/mol. The number of unbranched alkanes of at least 4 members (excludes halogenated alkanes) is 4. The van der Waals surface area contributed by atoms with Crippen molar-refractivity contribution in [2.24, 2.45) is 0 Å². The fourth-order valence-electron chi connectivity index (χ4n) is 1.46. The Hall–Kier alpha value is -0.610. The van der Waals surface area contributed by atoms with Crippen LogP contribution in [0.4, 0.5) is 0 Å². The monoisotopic (exact) mass is 245 g/mol. The fourth-order valence-corrected chi connectivity index (χ4v) is 1.46. The van der Waals surface area contributed by atoms with Crippen LogP contribution in [0.2, 0.25) is 0 Å². The summed E-state index contributed by atoms with van der Waals surface area (Å²) in [6.45, 7) is 4.02. The lowest BCUT2D eigenvalue weighted by Crippen LogP contribution is -2.31. The Morgan fingerprint density at radius 1 is 1.18 bits per heavy atom. The quantitative estimate of drug-likeness (QED) is 0.565. The Kier molecular flexibility index (Phi) is 11.4. The summed E-state index contributed by atoms with van der Waals surface area (Å²) >= 11 is 0. The molecule has 0 aromatic carbocycles. The molecule has 4 nitrogen and oxygen atoms in total. The van der Waals surface area contributed by atoms with E-state index < -0.39 is 0 Å². The van der Waals surface area contributed by atoms with Crippen molar-refractivity contribution in [1.29, 1.82) is 0 Å². The molecule has 0 saturated carbocycles. The molecule has 0 aliphatic carbocycles. The lowest BCUT2D eigenvalue weighted by molar-refractivity contribution is -0.134. The Bertz CT molecular complexity index is 186. The van der Waals surface area contributed by atoms with E-state index in [1.807, 2.05) is 7.05 Å². The van der Waals surface area contributed by atoms with Crippen molar-refractivity contribution in [3.63, 3.8) is 0 Å². The highest BCUT2D eigenvalue weighted by atomic mass is 16.5. The van der Waals surface area contributed by atoms with Crippen molar-refractivity contribution in [2.75, 3.05) is 33.4 Å². The zero-order valence-corrected chi connectivity index (χ0v) is 11.3. The van der Waals surface area contributed by atoms with Crippen molar-refractivity contribution in [3.05, 3.63) is 0 Å². The van der Waals surface area contributed by atoms with Gasteiger partial charge in [-0.25, -0.2) is 0 Å². The average Bonchev–Trinajstić information content (AvgIpc) is 2.34. The van der Waals surface area contributed by atoms with Gasteiger partial charge in [0.1, 0.15) is 6.61 Å². The molecule has 4 heteroatoms. The number of likely N-dealkylation sites (N-methyl/N-ethyl adjacent to an activating group) is 1. The Balaban J connectivity index is 3.32. The molecule has 0 heterocycles. The lowest BCUT2D eigenvalue weighted by Gasteiger charge is -2.16. The molecule has 0 atom stereocenters. The maximum absolute atomic E-state index is 11.6. The lowest BCUT2D eigenvalue weighted by atomic mass is 10.2. The third kappa shape index (κ3) is 10.3. The number of carbonyl (C=O) groups excluding carboxylic acids is 1. The van der Waals surface area contributed by atoms with Gasteiger partial charge in [0.2, 0.25) is 5.91 Å². The first-order chi connectivity index (χ1) is 8.22. The number of rotatable bonds is 11. The van der Waals surface area contributed by atoms with Crippen LogP contribution in [0.1, 0.15) is 45.4 Å². The molecule has 1 N–H and O–H groups in total. The first-order valence-corrected chi connectivity index (χ1v) is 6.65. The Labute approximate surface area is 105 Å². The molecule has 0 aromatic heterocycles. The van der Waals surface area contributed by atoms with Gasteiger partial charge in [-0.1, -0.05) is 26.2 Å². The van der Waals surface area contributed by atoms with Crippen molar-refractivity contribution in [1.82, 2.24) is 4.90 Å². The minimum Gasteiger partial charge on any atom is -0.396 e. The molecule has 0 rings (SSSR count). The van der Waals surface area contributed by atoms with E-state index in [4.69, 9.17) is 9.84 Å². The first kappa shape index (κ1) is 16.4. The first-order valence-electron chi connectivity index (χ1n) is 6.65. The second kappa shape index (κ2) is 11.9. The number of aliphatic hydroxyl groups is 1. The van der Waals surface area contributed by atoms with Crippen LogP contribution in [-0.2, 0) is 9.53 Å². The number of ether oxygens (including phenoxy) is 1. The third-order valence-electron chi connectivity index (χ3n) is 2.70. The molecule has 0 fully saturated rings. The fraction of sp³-hybridized carbons (Fsp3) is 0.923. The van der Waals surface area contributed by atoms with Gasteiger partial charge in [-0.05, 0) is 19.3 Å². The highest BCUT2D eigenvalue weighted by molar-refractivity contribution is 5.77. The van der Waals surface area contributed by atoms with Crippen molar-refractivity contribution < 1.29 is 14.6 Å². The maximum atomic E-state index is 11.6. The molecule has 0 unspecified atom stereocenters. The predicted molar refractivity (Wildman–Crippen MR) is 68.9 cm³/mol. The summed E-state index contributed by atoms with van der Waals surface area (Å²) in [6, 6.07) is 0. The summed E-state index contributed by atoms with van der Waals surface area (Å²) in [4.78, 5) is 13.3. The number of aliphatic hydroxyl groups excluding tert-OH is 1. The van der Waals surface area contributed by atoms with E-state index in [1.54, 1.807) is 4.90 Å². The molecule has 1 amide bonds. The summed E-state index contributed by atoms with van der Waals surface area (Å²) < 4.78 is 5.32. The zero-order chi connectivity index (χ0) is 12.9. The molecule has 0 radical (unpaired) electrons. The van der Waals surface area contributed by atoms with Crippen LogP contribution in [0.5, 0.6) is 0 Å². The van der Waals surface area contributed by atoms with E-state index >= 15 is 0 Å². The summed E-state index contributed by atoms with van der Waals surface area (Å²) in [6.07, 6.45) is 6.06. The van der Waals surface area contributed by atoms with Crippen LogP contribution in [0.3, 0.4) is 0 Å². The summed E-state index contributed by atoms with van der Waals surface area (Å²) in [5, 5.41) is 8.59. The summed E-state index contributed by atoms with van der Waals surface area (Å²) in [7, 11) is 1.82. The molecule has 0 saturated heterocycles. The minimum atomic E-state index is 0.0637. The molecular formula is C13H27NO3. The van der Waals surface area contributed by atoms with E-state index in [9.17, 15) is 4.79 Å². The van der Waals surface area contributed by atoms with Gasteiger partial charge in [0.05, 0.1) is 0 Å². The van der Waals surface area contributed by atoms with E-state index in [0.717, 1.165) is 45.1 Å². The van der Waals surface area contributed by atoms with E-state index in [2.05, 4.69) is 6.92 Å². The zero-order valence-electron chi connectivity index (χ0n) is 11.3. The van der Waals surface area contributed by atoms with Crippen LogP contribution in [-0.4, -0.2) is 49.3 Å². The number of hydrogen-bond donors (Lipinski definition) is 1. The second-order valence-electron chi connectivity index (χ2n) is 4.36. The van der Waals surface area contributed by atoms with Gasteiger partial charge in [0.15, 0.2) is 0 Å². The third-order valence-corrected chi connectivity index (χ3v) is 2.70. The molecule has 0 aromatic rings. The highest BCUT2D eigenvalue weighted by Crippen LogP contribution is 1.99. The normalized spacial score (nSPS) is 10.5. The number of nitrogens with zero attached hydrogens (tertiary/aromatic N) is 1. The number of amides is 1. The molecule has 0 aliphatic rings. The van der Waals surface area contributed by atoms with Gasteiger partial charge in [-0.3, -0.25) is 4.79 Å². The van der Waals surface area contributed by atoms with Gasteiger partial charge in [0, 0.05) is 26.8 Å². The van der Waals surface area contributed by atoms with Gasteiger partial charge < -0.3 is 14.7 Å². The molecule has 0 bridgehead atoms. The van der Waals surface area contributed by atoms with Crippen LogP contribution < -0.4 is 0 Å². The van der Waals surface area contributed by atoms with Crippen LogP contribution >= 0.6 is 0 Å². The van der Waals surface area contributed by atoms with Crippen LogP contribution in [0.25, 0.3) is 0 Å². The maximum Gasteiger partial charge on any atom is 0.248 e. The number of carbonyl (C=O) groups is 1. The topological polar surface area (TPSA) is 49.8 Å². The van der Waals surface area contributed by atoms with Crippen molar-refractivity contribution in [3.8, 4) is 0 Å². The molecule has 102 valence electrons. The van der Waals surface area contributed by atoms with Crippen molar-refractivity contribution in [2.45, 2.75) is 45.4 Å². The minimum absolute atomic E-state index is 0.0637. The van der Waals surface area contributed by atoms with Gasteiger partial charge in [-0.2, -0.15) is 0 Å². The molecule has 0 spiro atoms. The standard InChI is InChI=1S/C13H27NO3/c1-3-4-9-14(2)13(16)12-17-11-8-6-5-7-10-15/h15H,3-12H2,1-2H3. The van der Waals surface area contributed by atoms with Crippen LogP contribution in [0.15, 0.2) is 0 Å². The smallest absolute Gasteiger partial charge is 0.248 e. The van der Waals surface area contributed by atoms with Crippen LogP contribution in [0, 0.1) is 0 Å². The van der Waals surface area contributed by atoms with E-state index in [1.165, 1.54) is 0 Å². The highest BCUT2D eigenvalue weighted by Gasteiger charge is 2.07. The van der Waals surface area contributed by atoms with E-state index in [0.29, 0.717) is 6.61 Å². The van der Waals surface area contributed by atoms with Gasteiger partial charge in [0.25, 0.3) is 0 Å². The largest absolute Gasteiger partial charge is 0.396 e.